The van der Waals surface area contributed by atoms with E-state index in [0.717, 1.165) is 27.8 Å². The van der Waals surface area contributed by atoms with Gasteiger partial charge in [-0.15, -0.1) is 0 Å². The first-order chi connectivity index (χ1) is 13.2. The molecule has 0 saturated carbocycles. The first kappa shape index (κ1) is 19.2. The Morgan fingerprint density at radius 2 is 1.86 bits per heavy atom. The molecule has 8 heteroatoms. The number of hydrogen-bond donors (Lipinski definition) is 1. The number of aliphatic imine (C=N–C) groups is 1. The summed E-state index contributed by atoms with van der Waals surface area (Å²) in [6.45, 7) is 0.349. The molecule has 28 heavy (non-hydrogen) atoms. The number of benzene rings is 2. The maximum Gasteiger partial charge on any atom is 0.270 e. The first-order valence-corrected chi connectivity index (χ1v) is 10.8. The zero-order valence-electron chi connectivity index (χ0n) is 14.9. The van der Waals surface area contributed by atoms with Crippen LogP contribution in [0, 0.1) is 0 Å². The SMILES string of the molecule is Cn1cc2c(c1CS(=O)(=O)O)-c1ccc(Cl)cc1C(c1ccccc1Cl)=NC2. The van der Waals surface area contributed by atoms with E-state index in [0.29, 0.717) is 28.0 Å². The van der Waals surface area contributed by atoms with Crippen molar-refractivity contribution < 1.29 is 13.0 Å². The van der Waals surface area contributed by atoms with E-state index < -0.39 is 15.9 Å². The predicted molar refractivity (Wildman–Crippen MR) is 112 cm³/mol. The van der Waals surface area contributed by atoms with Crippen LogP contribution in [-0.4, -0.2) is 23.2 Å². The van der Waals surface area contributed by atoms with Crippen LogP contribution in [0.5, 0.6) is 0 Å². The highest BCUT2D eigenvalue weighted by molar-refractivity contribution is 7.85. The van der Waals surface area contributed by atoms with Crippen LogP contribution in [0.1, 0.15) is 22.4 Å². The predicted octanol–water partition coefficient (Wildman–Crippen LogP) is 4.74. The summed E-state index contributed by atoms with van der Waals surface area (Å²) in [7, 11) is -2.45. The summed E-state index contributed by atoms with van der Waals surface area (Å²) < 4.78 is 34.3. The van der Waals surface area contributed by atoms with Crippen LogP contribution in [0.4, 0.5) is 0 Å². The number of halogens is 2. The molecule has 0 amide bonds. The molecule has 3 aromatic rings. The van der Waals surface area contributed by atoms with Crippen LogP contribution in [0.3, 0.4) is 0 Å². The molecule has 2 heterocycles. The van der Waals surface area contributed by atoms with E-state index in [4.69, 9.17) is 28.2 Å². The largest absolute Gasteiger partial charge is 0.353 e. The molecule has 2 aromatic carbocycles. The first-order valence-electron chi connectivity index (χ1n) is 8.46. The van der Waals surface area contributed by atoms with Crippen molar-refractivity contribution in [1.29, 1.82) is 0 Å². The zero-order chi connectivity index (χ0) is 20.1. The molecule has 4 rings (SSSR count). The fraction of sp³-hybridized carbons (Fsp3) is 0.150. The quantitative estimate of drug-likeness (QED) is 0.605. The summed E-state index contributed by atoms with van der Waals surface area (Å²) in [6, 6.07) is 12.8. The van der Waals surface area contributed by atoms with Crippen LogP contribution in [0.25, 0.3) is 11.1 Å². The van der Waals surface area contributed by atoms with Crippen molar-refractivity contribution in [3.05, 3.63) is 81.1 Å². The minimum atomic E-state index is -4.20. The molecule has 1 N–H and O–H groups in total. The Bertz CT molecular complexity index is 1230. The fourth-order valence-corrected chi connectivity index (χ4v) is 4.69. The normalized spacial score (nSPS) is 13.5. The maximum absolute atomic E-state index is 11.6. The lowest BCUT2D eigenvalue weighted by molar-refractivity contribution is 0.480. The summed E-state index contributed by atoms with van der Waals surface area (Å²) in [5, 5.41) is 1.10. The van der Waals surface area contributed by atoms with Crippen LogP contribution >= 0.6 is 23.2 Å². The molecule has 1 aromatic heterocycles. The van der Waals surface area contributed by atoms with Gasteiger partial charge in [-0.05, 0) is 29.3 Å². The molecule has 1 aliphatic rings. The minimum absolute atomic E-state index is 0.349. The van der Waals surface area contributed by atoms with Crippen molar-refractivity contribution in [3.63, 3.8) is 0 Å². The fourth-order valence-electron chi connectivity index (χ4n) is 3.60. The highest BCUT2D eigenvalue weighted by atomic mass is 35.5. The lowest BCUT2D eigenvalue weighted by atomic mass is 9.93. The summed E-state index contributed by atoms with van der Waals surface area (Å²) in [4.78, 5) is 4.78. The van der Waals surface area contributed by atoms with Crippen LogP contribution in [0.15, 0.2) is 53.7 Å². The Hall–Kier alpha value is -2.12. The molecule has 0 bridgehead atoms. The van der Waals surface area contributed by atoms with E-state index in [1.54, 1.807) is 29.8 Å². The van der Waals surface area contributed by atoms with E-state index in [1.165, 1.54) is 0 Å². The molecule has 0 saturated heterocycles. The Morgan fingerprint density at radius 1 is 1.11 bits per heavy atom. The van der Waals surface area contributed by atoms with Gasteiger partial charge in [-0.1, -0.05) is 47.5 Å². The number of hydrogen-bond acceptors (Lipinski definition) is 3. The summed E-state index contributed by atoms with van der Waals surface area (Å²) >= 11 is 12.7. The van der Waals surface area contributed by atoms with Crippen molar-refractivity contribution >= 4 is 39.0 Å². The van der Waals surface area contributed by atoms with E-state index in [9.17, 15) is 13.0 Å². The summed E-state index contributed by atoms with van der Waals surface area (Å²) in [6.07, 6.45) is 1.84. The highest BCUT2D eigenvalue weighted by Gasteiger charge is 2.26. The van der Waals surface area contributed by atoms with Gasteiger partial charge in [0.1, 0.15) is 5.75 Å². The second-order valence-corrected chi connectivity index (χ2v) is 8.94. The molecule has 0 unspecified atom stereocenters. The van der Waals surface area contributed by atoms with E-state index in [-0.39, 0.29) is 0 Å². The standard InChI is InChI=1S/C20H16Cl2N2O3S/c1-24-10-12-9-23-20(15-4-2-3-5-17(15)22)16-8-13(21)6-7-14(16)19(12)18(24)11-28(25,26)27/h2-8,10H,9,11H2,1H3,(H,25,26,27). The molecule has 0 fully saturated rings. The lowest BCUT2D eigenvalue weighted by Crippen LogP contribution is -2.09. The molecule has 5 nitrogen and oxygen atoms in total. The van der Waals surface area contributed by atoms with Gasteiger partial charge in [0.25, 0.3) is 10.1 Å². The smallest absolute Gasteiger partial charge is 0.270 e. The molecular weight excluding hydrogens is 419 g/mol. The number of aryl methyl sites for hydroxylation is 1. The molecular formula is C20H16Cl2N2O3S. The number of nitrogens with zero attached hydrogens (tertiary/aromatic N) is 2. The van der Waals surface area contributed by atoms with Crippen molar-refractivity contribution in [1.82, 2.24) is 4.57 Å². The van der Waals surface area contributed by atoms with Crippen LogP contribution in [-0.2, 0) is 29.5 Å². The third kappa shape index (κ3) is 3.49. The Morgan fingerprint density at radius 3 is 2.57 bits per heavy atom. The van der Waals surface area contributed by atoms with Gasteiger partial charge in [0.15, 0.2) is 0 Å². The number of fused-ring (bicyclic) bond motifs is 3. The molecule has 0 aliphatic carbocycles. The van der Waals surface area contributed by atoms with Gasteiger partial charge in [-0.25, -0.2) is 0 Å². The minimum Gasteiger partial charge on any atom is -0.353 e. The Kier molecular flexibility index (Phi) is 4.83. The zero-order valence-corrected chi connectivity index (χ0v) is 17.2. The van der Waals surface area contributed by atoms with Gasteiger partial charge in [0.2, 0.25) is 0 Å². The average Bonchev–Trinajstić information content (AvgIpc) is 2.82. The van der Waals surface area contributed by atoms with Gasteiger partial charge in [0.05, 0.1) is 12.3 Å². The van der Waals surface area contributed by atoms with E-state index >= 15 is 0 Å². The van der Waals surface area contributed by atoms with Crippen LogP contribution in [0.2, 0.25) is 10.0 Å². The third-order valence-corrected chi connectivity index (χ3v) is 5.95. The van der Waals surface area contributed by atoms with E-state index in [2.05, 4.69) is 0 Å². The summed E-state index contributed by atoms with van der Waals surface area (Å²) in [5.41, 5.74) is 5.15. The lowest BCUT2D eigenvalue weighted by Gasteiger charge is -2.14. The molecule has 0 atom stereocenters. The van der Waals surface area contributed by atoms with Crippen molar-refractivity contribution in [3.8, 4) is 11.1 Å². The van der Waals surface area contributed by atoms with Gasteiger partial charge in [-0.2, -0.15) is 8.42 Å². The van der Waals surface area contributed by atoms with Crippen molar-refractivity contribution in [2.45, 2.75) is 12.3 Å². The molecule has 0 radical (unpaired) electrons. The topological polar surface area (TPSA) is 71.7 Å². The van der Waals surface area contributed by atoms with Gasteiger partial charge < -0.3 is 4.57 Å². The number of rotatable bonds is 3. The number of aromatic nitrogens is 1. The monoisotopic (exact) mass is 434 g/mol. The Balaban J connectivity index is 2.00. The molecule has 144 valence electrons. The van der Waals surface area contributed by atoms with Gasteiger partial charge in [0, 0.05) is 45.7 Å². The second kappa shape index (κ2) is 7.04. The average molecular weight is 435 g/mol. The van der Waals surface area contributed by atoms with E-state index in [1.807, 2.05) is 30.5 Å². The van der Waals surface area contributed by atoms with Gasteiger partial charge in [-0.3, -0.25) is 9.55 Å². The van der Waals surface area contributed by atoms with Crippen LogP contribution < -0.4 is 0 Å². The molecule has 0 spiro atoms. The third-order valence-electron chi connectivity index (χ3n) is 4.75. The van der Waals surface area contributed by atoms with Crippen molar-refractivity contribution in [2.24, 2.45) is 12.0 Å². The Labute approximate surface area is 173 Å². The van der Waals surface area contributed by atoms with Crippen molar-refractivity contribution in [2.75, 3.05) is 0 Å². The summed E-state index contributed by atoms with van der Waals surface area (Å²) in [5.74, 6) is -0.484. The highest BCUT2D eigenvalue weighted by Crippen LogP contribution is 2.38. The van der Waals surface area contributed by atoms with Gasteiger partial charge >= 0.3 is 0 Å². The maximum atomic E-state index is 11.6. The molecule has 1 aliphatic heterocycles. The second-order valence-electron chi connectivity index (χ2n) is 6.65.